The molecule has 0 aromatic carbocycles. The van der Waals surface area contributed by atoms with E-state index in [1.165, 1.54) is 16.9 Å². The van der Waals surface area contributed by atoms with Crippen LogP contribution in [0.15, 0.2) is 35.8 Å². The average Bonchev–Trinajstić information content (AvgIpc) is 3.19. The van der Waals surface area contributed by atoms with Crippen molar-refractivity contribution < 1.29 is 9.47 Å². The van der Waals surface area contributed by atoms with Crippen LogP contribution in [-0.4, -0.2) is 41.3 Å². The Morgan fingerprint density at radius 2 is 2.33 bits per heavy atom. The van der Waals surface area contributed by atoms with Crippen LogP contribution >= 0.6 is 11.3 Å². The monoisotopic (exact) mass is 344 g/mol. The van der Waals surface area contributed by atoms with Crippen molar-refractivity contribution in [1.82, 2.24) is 9.88 Å². The van der Waals surface area contributed by atoms with Crippen molar-refractivity contribution in [1.29, 1.82) is 0 Å². The highest BCUT2D eigenvalue weighted by Gasteiger charge is 2.44. The van der Waals surface area contributed by atoms with Gasteiger partial charge in [-0.15, -0.1) is 11.3 Å². The van der Waals surface area contributed by atoms with Gasteiger partial charge in [-0.05, 0) is 48.9 Å². The summed E-state index contributed by atoms with van der Waals surface area (Å²) in [6, 6.07) is 8.64. The maximum absolute atomic E-state index is 6.21. The molecular weight excluding hydrogens is 320 g/mol. The van der Waals surface area contributed by atoms with E-state index in [0.29, 0.717) is 12.6 Å². The number of hydrogen-bond acceptors (Lipinski definition) is 5. The molecule has 4 heterocycles. The van der Waals surface area contributed by atoms with Crippen molar-refractivity contribution in [2.24, 2.45) is 0 Å². The fourth-order valence-electron chi connectivity index (χ4n) is 3.76. The van der Waals surface area contributed by atoms with Gasteiger partial charge in [-0.25, -0.2) is 0 Å². The van der Waals surface area contributed by atoms with Crippen LogP contribution in [-0.2, 0) is 22.6 Å². The van der Waals surface area contributed by atoms with Crippen molar-refractivity contribution in [2.45, 2.75) is 51.2 Å². The second kappa shape index (κ2) is 7.31. The third-order valence-corrected chi connectivity index (χ3v) is 6.08. The van der Waals surface area contributed by atoms with E-state index in [1.807, 2.05) is 35.7 Å². The van der Waals surface area contributed by atoms with Gasteiger partial charge in [0, 0.05) is 36.8 Å². The Morgan fingerprint density at radius 3 is 3.12 bits per heavy atom. The van der Waals surface area contributed by atoms with Crippen LogP contribution < -0.4 is 0 Å². The summed E-state index contributed by atoms with van der Waals surface area (Å²) in [5.41, 5.74) is 2.38. The molecule has 0 bridgehead atoms. The first-order valence-corrected chi connectivity index (χ1v) is 9.59. The second-order valence-electron chi connectivity index (χ2n) is 6.67. The first-order valence-electron chi connectivity index (χ1n) is 8.71. The number of thiophene rings is 1. The molecule has 4 rings (SSSR count). The Labute approximate surface area is 147 Å². The Kier molecular flexibility index (Phi) is 4.94. The SMILES string of the molecule is Cc1ccsc1CN1C[C@@H](OCc2ccccn2)[C@@H]2OCCC[C@@H]21. The van der Waals surface area contributed by atoms with Crippen molar-refractivity contribution >= 4 is 11.3 Å². The molecule has 24 heavy (non-hydrogen) atoms. The van der Waals surface area contributed by atoms with Crippen molar-refractivity contribution in [2.75, 3.05) is 13.2 Å². The first kappa shape index (κ1) is 16.2. The molecule has 4 nitrogen and oxygen atoms in total. The molecule has 0 spiro atoms. The predicted molar refractivity (Wildman–Crippen MR) is 95.0 cm³/mol. The zero-order chi connectivity index (χ0) is 16.4. The molecule has 2 aliphatic heterocycles. The zero-order valence-corrected chi connectivity index (χ0v) is 14.9. The molecular formula is C19H24N2O2S. The van der Waals surface area contributed by atoms with Crippen LogP contribution in [0.2, 0.25) is 0 Å². The number of aromatic nitrogens is 1. The van der Waals surface area contributed by atoms with E-state index < -0.39 is 0 Å². The molecule has 128 valence electrons. The maximum Gasteiger partial charge on any atom is 0.100 e. The van der Waals surface area contributed by atoms with Gasteiger partial charge in [0.25, 0.3) is 0 Å². The molecule has 5 heteroatoms. The lowest BCUT2D eigenvalue weighted by molar-refractivity contribution is -0.0823. The summed E-state index contributed by atoms with van der Waals surface area (Å²) in [5.74, 6) is 0. The number of ether oxygens (including phenoxy) is 2. The molecule has 3 atom stereocenters. The molecule has 0 saturated carbocycles. The second-order valence-corrected chi connectivity index (χ2v) is 7.67. The van der Waals surface area contributed by atoms with E-state index in [0.717, 1.165) is 31.8 Å². The summed E-state index contributed by atoms with van der Waals surface area (Å²) in [4.78, 5) is 8.38. The predicted octanol–water partition coefficient (Wildman–Crippen LogP) is 3.40. The van der Waals surface area contributed by atoms with Crippen LogP contribution in [0, 0.1) is 6.92 Å². The number of fused-ring (bicyclic) bond motifs is 1. The molecule has 0 radical (unpaired) electrons. The molecule has 2 fully saturated rings. The highest BCUT2D eigenvalue weighted by atomic mass is 32.1. The lowest BCUT2D eigenvalue weighted by Gasteiger charge is -2.32. The molecule has 2 aromatic heterocycles. The van der Waals surface area contributed by atoms with Crippen LogP contribution in [0.4, 0.5) is 0 Å². The number of pyridine rings is 1. The standard InChI is InChI=1S/C19H24N2O2S/c1-14-7-10-24-18(14)12-21-11-17(19-16(21)6-4-9-22-19)23-13-15-5-2-3-8-20-15/h2-3,5,7-8,10,16-17,19H,4,6,9,11-13H2,1H3/t16-,17+,19+/m0/s1. The normalized spacial score (nSPS) is 27.3. The summed E-state index contributed by atoms with van der Waals surface area (Å²) in [6.45, 7) is 5.57. The van der Waals surface area contributed by atoms with Gasteiger partial charge in [0.15, 0.2) is 0 Å². The fraction of sp³-hybridized carbons (Fsp3) is 0.526. The van der Waals surface area contributed by atoms with Crippen LogP contribution in [0.5, 0.6) is 0 Å². The number of rotatable bonds is 5. The minimum Gasteiger partial charge on any atom is -0.374 e. The largest absolute Gasteiger partial charge is 0.374 e. The quantitative estimate of drug-likeness (QED) is 0.833. The minimum absolute atomic E-state index is 0.137. The lowest BCUT2D eigenvalue weighted by atomic mass is 10.0. The third kappa shape index (κ3) is 3.40. The topological polar surface area (TPSA) is 34.6 Å². The molecule has 0 aliphatic carbocycles. The van der Waals surface area contributed by atoms with E-state index in [-0.39, 0.29) is 12.2 Å². The van der Waals surface area contributed by atoms with Gasteiger partial charge >= 0.3 is 0 Å². The van der Waals surface area contributed by atoms with Gasteiger partial charge in [0.2, 0.25) is 0 Å². The number of aryl methyl sites for hydroxylation is 1. The molecule has 2 saturated heterocycles. The maximum atomic E-state index is 6.21. The number of nitrogens with zero attached hydrogens (tertiary/aromatic N) is 2. The lowest BCUT2D eigenvalue weighted by Crippen LogP contribution is -2.41. The van der Waals surface area contributed by atoms with Gasteiger partial charge in [-0.2, -0.15) is 0 Å². The van der Waals surface area contributed by atoms with Crippen molar-refractivity contribution in [3.8, 4) is 0 Å². The smallest absolute Gasteiger partial charge is 0.100 e. The van der Waals surface area contributed by atoms with Gasteiger partial charge in [0.1, 0.15) is 6.10 Å². The third-order valence-electron chi connectivity index (χ3n) is 5.07. The minimum atomic E-state index is 0.137. The van der Waals surface area contributed by atoms with E-state index in [2.05, 4.69) is 28.3 Å². The van der Waals surface area contributed by atoms with Crippen molar-refractivity contribution in [3.63, 3.8) is 0 Å². The summed E-state index contributed by atoms with van der Waals surface area (Å²) < 4.78 is 12.3. The van der Waals surface area contributed by atoms with Gasteiger partial charge < -0.3 is 9.47 Å². The number of hydrogen-bond donors (Lipinski definition) is 0. The van der Waals surface area contributed by atoms with Crippen LogP contribution in [0.25, 0.3) is 0 Å². The van der Waals surface area contributed by atoms with Crippen LogP contribution in [0.1, 0.15) is 29.0 Å². The van der Waals surface area contributed by atoms with Gasteiger partial charge in [0.05, 0.1) is 18.4 Å². The Bertz CT molecular complexity index is 660. The molecule has 2 aromatic rings. The molecule has 0 amide bonds. The van der Waals surface area contributed by atoms with E-state index in [1.54, 1.807) is 0 Å². The summed E-state index contributed by atoms with van der Waals surface area (Å²) in [7, 11) is 0. The molecule has 0 unspecified atom stereocenters. The van der Waals surface area contributed by atoms with E-state index in [4.69, 9.17) is 9.47 Å². The Hall–Kier alpha value is -1.27. The summed E-state index contributed by atoms with van der Waals surface area (Å²) >= 11 is 1.85. The average molecular weight is 344 g/mol. The van der Waals surface area contributed by atoms with E-state index in [9.17, 15) is 0 Å². The molecule has 0 N–H and O–H groups in total. The fourth-order valence-corrected chi connectivity index (χ4v) is 4.69. The van der Waals surface area contributed by atoms with E-state index >= 15 is 0 Å². The Balaban J connectivity index is 1.44. The number of likely N-dealkylation sites (tertiary alicyclic amines) is 1. The van der Waals surface area contributed by atoms with Gasteiger partial charge in [-0.1, -0.05) is 6.07 Å². The van der Waals surface area contributed by atoms with Crippen LogP contribution in [0.3, 0.4) is 0 Å². The first-order chi connectivity index (χ1) is 11.8. The molecule has 2 aliphatic rings. The Morgan fingerprint density at radius 1 is 1.38 bits per heavy atom. The highest BCUT2D eigenvalue weighted by Crippen LogP contribution is 2.33. The summed E-state index contributed by atoms with van der Waals surface area (Å²) in [5, 5.41) is 2.19. The van der Waals surface area contributed by atoms with Gasteiger partial charge in [-0.3, -0.25) is 9.88 Å². The highest BCUT2D eigenvalue weighted by molar-refractivity contribution is 7.10. The van der Waals surface area contributed by atoms with Crippen molar-refractivity contribution in [3.05, 3.63) is 52.0 Å². The zero-order valence-electron chi connectivity index (χ0n) is 14.1. The summed E-state index contributed by atoms with van der Waals surface area (Å²) in [6.07, 6.45) is 4.51.